The van der Waals surface area contributed by atoms with Crippen LogP contribution in [0.15, 0.2) is 0 Å². The minimum Gasteiger partial charge on any atom is -0.507 e. The minimum absolute atomic E-state index is 0.0713. The second-order valence-corrected chi connectivity index (χ2v) is 9.32. The van der Waals surface area contributed by atoms with E-state index < -0.39 is 22.9 Å². The first-order valence-electron chi connectivity index (χ1n) is 10.2. The number of hydrogen-bond acceptors (Lipinski definition) is 6. The maximum absolute atomic E-state index is 13.3. The molecule has 0 radical (unpaired) electrons. The van der Waals surface area contributed by atoms with Crippen LogP contribution in [-0.2, 0) is 14.9 Å². The molecule has 1 saturated carbocycles. The largest absolute Gasteiger partial charge is 0.507 e. The molecule has 1 N–H and O–H groups in total. The third-order valence-corrected chi connectivity index (χ3v) is 6.96. The van der Waals surface area contributed by atoms with E-state index in [9.17, 15) is 14.7 Å². The van der Waals surface area contributed by atoms with Crippen molar-refractivity contribution in [3.05, 3.63) is 16.7 Å². The molecule has 160 valence electrons. The number of hydrogen-bond donors (Lipinski definition) is 1. The molecule has 0 aliphatic heterocycles. The molecular weight excluding hydrogens is 372 g/mol. The average Bonchev–Trinajstić information content (AvgIpc) is 2.64. The van der Waals surface area contributed by atoms with Crippen molar-refractivity contribution in [2.75, 3.05) is 27.9 Å². The average molecular weight is 405 g/mol. The summed E-state index contributed by atoms with van der Waals surface area (Å²) in [7, 11) is 4.63. The van der Waals surface area contributed by atoms with Gasteiger partial charge in [-0.25, -0.2) is 0 Å². The van der Waals surface area contributed by atoms with Crippen molar-refractivity contribution in [1.82, 2.24) is 0 Å². The zero-order valence-electron chi connectivity index (χ0n) is 18.5. The molecule has 3 rings (SSSR count). The van der Waals surface area contributed by atoms with Crippen molar-refractivity contribution in [3.8, 4) is 17.2 Å². The molecule has 3 atom stereocenters. The second kappa shape index (κ2) is 7.31. The van der Waals surface area contributed by atoms with Crippen molar-refractivity contribution in [2.24, 2.45) is 11.3 Å². The summed E-state index contributed by atoms with van der Waals surface area (Å²) in [6, 6.07) is 0. The summed E-state index contributed by atoms with van der Waals surface area (Å²) in [5, 5.41) is 11.2. The molecule has 6 heteroatoms. The molecule has 1 aromatic rings. The highest BCUT2D eigenvalue weighted by Gasteiger charge is 2.59. The van der Waals surface area contributed by atoms with Crippen molar-refractivity contribution in [2.45, 2.75) is 58.3 Å². The third kappa shape index (κ3) is 2.95. The van der Waals surface area contributed by atoms with E-state index in [1.807, 2.05) is 27.7 Å². The monoisotopic (exact) mass is 404 g/mol. The lowest BCUT2D eigenvalue weighted by atomic mass is 9.49. The highest BCUT2D eigenvalue weighted by molar-refractivity contribution is 6.47. The van der Waals surface area contributed by atoms with Crippen LogP contribution in [0.25, 0.3) is 0 Å². The van der Waals surface area contributed by atoms with E-state index in [-0.39, 0.29) is 22.6 Å². The Kier molecular flexibility index (Phi) is 5.45. The lowest BCUT2D eigenvalue weighted by molar-refractivity contribution is -0.128. The van der Waals surface area contributed by atoms with E-state index in [2.05, 4.69) is 0 Å². The van der Waals surface area contributed by atoms with Gasteiger partial charge < -0.3 is 19.3 Å². The Hall–Kier alpha value is -2.08. The number of carbonyl (C=O) groups excluding carboxylic acids is 2. The van der Waals surface area contributed by atoms with Crippen LogP contribution in [0.2, 0.25) is 0 Å². The van der Waals surface area contributed by atoms with Crippen LogP contribution in [0.3, 0.4) is 0 Å². The van der Waals surface area contributed by atoms with E-state index in [1.165, 1.54) is 14.2 Å². The summed E-state index contributed by atoms with van der Waals surface area (Å²) in [5.41, 5.74) is 0.157. The lowest BCUT2D eigenvalue weighted by Gasteiger charge is -2.52. The first-order chi connectivity index (χ1) is 13.6. The molecule has 6 nitrogen and oxygen atoms in total. The van der Waals surface area contributed by atoms with Gasteiger partial charge in [-0.3, -0.25) is 9.59 Å². The Labute approximate surface area is 172 Å². The topological polar surface area (TPSA) is 82.1 Å². The fourth-order valence-electron chi connectivity index (χ4n) is 5.89. The van der Waals surface area contributed by atoms with Crippen molar-refractivity contribution < 1.29 is 28.9 Å². The Morgan fingerprint density at radius 3 is 2.24 bits per heavy atom. The van der Waals surface area contributed by atoms with Crippen LogP contribution in [-0.4, -0.2) is 44.6 Å². The van der Waals surface area contributed by atoms with Gasteiger partial charge in [0.25, 0.3) is 0 Å². The third-order valence-electron chi connectivity index (χ3n) is 6.96. The number of rotatable bonds is 5. The minimum atomic E-state index is -0.637. The van der Waals surface area contributed by atoms with Crippen molar-refractivity contribution in [1.29, 1.82) is 0 Å². The fourth-order valence-corrected chi connectivity index (χ4v) is 5.89. The standard InChI is InChI=1S/C23H32O6/c1-12(11-27-5)13-16(24)14-15(20(29-7)19(13)28-6)23(4)10-8-9-22(2,3)21(23)18(26)17(14)25/h12,21,24H,8-11H2,1-7H3/t12?,21-,23-/m1/s1. The van der Waals surface area contributed by atoms with E-state index in [0.717, 1.165) is 19.3 Å². The number of fused-ring (bicyclic) bond motifs is 3. The molecule has 0 bridgehead atoms. The van der Waals surface area contributed by atoms with Crippen LogP contribution >= 0.6 is 0 Å². The summed E-state index contributed by atoms with van der Waals surface area (Å²) in [5.74, 6) is -1.14. The molecule has 0 saturated heterocycles. The number of phenols is 1. The number of ketones is 2. The Morgan fingerprint density at radius 1 is 1.07 bits per heavy atom. The fraction of sp³-hybridized carbons (Fsp3) is 0.652. The van der Waals surface area contributed by atoms with E-state index in [4.69, 9.17) is 14.2 Å². The van der Waals surface area contributed by atoms with Crippen molar-refractivity contribution >= 4 is 11.6 Å². The number of phenolic OH excluding ortho intramolecular Hbond substituents is 1. The smallest absolute Gasteiger partial charge is 0.233 e. The van der Waals surface area contributed by atoms with E-state index in [1.54, 1.807) is 7.11 Å². The molecule has 0 heterocycles. The lowest BCUT2D eigenvalue weighted by Crippen LogP contribution is -2.55. The van der Waals surface area contributed by atoms with Crippen molar-refractivity contribution in [3.63, 3.8) is 0 Å². The Balaban J connectivity index is 2.43. The van der Waals surface area contributed by atoms with Gasteiger partial charge in [0.2, 0.25) is 11.6 Å². The second-order valence-electron chi connectivity index (χ2n) is 9.32. The zero-order valence-corrected chi connectivity index (χ0v) is 18.5. The van der Waals surface area contributed by atoms with Gasteiger partial charge in [-0.15, -0.1) is 0 Å². The molecule has 1 fully saturated rings. The number of Topliss-reactive ketones (excluding diaryl/α,β-unsaturated/α-hetero) is 2. The predicted octanol–water partition coefficient (Wildman–Crippen LogP) is 4.01. The van der Waals surface area contributed by atoms with E-state index >= 15 is 0 Å². The quantitative estimate of drug-likeness (QED) is 0.747. The number of benzene rings is 1. The highest BCUT2D eigenvalue weighted by Crippen LogP contribution is 2.61. The van der Waals surface area contributed by atoms with Gasteiger partial charge in [0, 0.05) is 35.5 Å². The van der Waals surface area contributed by atoms with Crippen LogP contribution in [0, 0.1) is 11.3 Å². The summed E-state index contributed by atoms with van der Waals surface area (Å²) < 4.78 is 16.7. The zero-order chi connectivity index (χ0) is 21.7. The summed E-state index contributed by atoms with van der Waals surface area (Å²) >= 11 is 0. The molecule has 1 aromatic carbocycles. The Morgan fingerprint density at radius 2 is 1.69 bits per heavy atom. The van der Waals surface area contributed by atoms with Crippen LogP contribution in [0.4, 0.5) is 0 Å². The van der Waals surface area contributed by atoms with Gasteiger partial charge in [-0.1, -0.05) is 34.1 Å². The number of methoxy groups -OCH3 is 3. The predicted molar refractivity (Wildman–Crippen MR) is 109 cm³/mol. The summed E-state index contributed by atoms with van der Waals surface area (Å²) in [4.78, 5) is 26.6. The van der Waals surface area contributed by atoms with Gasteiger partial charge >= 0.3 is 0 Å². The molecule has 0 amide bonds. The maximum atomic E-state index is 13.3. The van der Waals surface area contributed by atoms with E-state index in [0.29, 0.717) is 29.2 Å². The molecular formula is C23H32O6. The first-order valence-corrected chi connectivity index (χ1v) is 10.2. The Bertz CT molecular complexity index is 856. The first kappa shape index (κ1) is 21.6. The van der Waals surface area contributed by atoms with Crippen LogP contribution < -0.4 is 9.47 Å². The molecule has 29 heavy (non-hydrogen) atoms. The summed E-state index contributed by atoms with van der Waals surface area (Å²) in [6.45, 7) is 8.30. The molecule has 0 spiro atoms. The van der Waals surface area contributed by atoms with Gasteiger partial charge in [0.05, 0.1) is 26.4 Å². The number of carbonyl (C=O) groups is 2. The van der Waals surface area contributed by atoms with Gasteiger partial charge in [-0.2, -0.15) is 0 Å². The summed E-state index contributed by atoms with van der Waals surface area (Å²) in [6.07, 6.45) is 2.53. The molecule has 2 aliphatic carbocycles. The highest BCUT2D eigenvalue weighted by atomic mass is 16.5. The van der Waals surface area contributed by atoms with Crippen LogP contribution in [0.5, 0.6) is 17.2 Å². The van der Waals surface area contributed by atoms with Gasteiger partial charge in [0.15, 0.2) is 11.5 Å². The molecule has 2 aliphatic rings. The molecule has 0 aromatic heterocycles. The maximum Gasteiger partial charge on any atom is 0.233 e. The SMILES string of the molecule is COCC(C)c1c(O)c2c(c(OC)c1OC)[C@@]1(C)CCCC(C)(C)[C@H]1C(=O)C2=O. The van der Waals surface area contributed by atoms with Crippen LogP contribution in [0.1, 0.15) is 74.4 Å². The normalized spacial score (nSPS) is 26.5. The van der Waals surface area contributed by atoms with Gasteiger partial charge in [-0.05, 0) is 18.3 Å². The number of ether oxygens (including phenoxy) is 3. The number of aromatic hydroxyl groups is 1. The van der Waals surface area contributed by atoms with Gasteiger partial charge in [0.1, 0.15) is 5.75 Å². The molecule has 1 unspecified atom stereocenters.